The normalized spacial score (nSPS) is 29.8. The maximum absolute atomic E-state index is 12.6. The maximum Gasteiger partial charge on any atom is 0.232 e. The van der Waals surface area contributed by atoms with E-state index >= 15 is 0 Å². The Balaban J connectivity index is 1.77. The van der Waals surface area contributed by atoms with Gasteiger partial charge in [-0.3, -0.25) is 4.79 Å². The number of carbonyl (C=O) groups excluding carboxylic acids is 1. The van der Waals surface area contributed by atoms with Crippen LogP contribution in [0, 0.1) is 18.3 Å². The fourth-order valence-corrected chi connectivity index (χ4v) is 3.40. The molecule has 1 aromatic heterocycles. The van der Waals surface area contributed by atoms with Crippen LogP contribution in [-0.2, 0) is 4.79 Å². The van der Waals surface area contributed by atoms with Gasteiger partial charge >= 0.3 is 0 Å². The van der Waals surface area contributed by atoms with Crippen molar-refractivity contribution < 1.29 is 4.79 Å². The molecule has 0 bridgehead atoms. The molecule has 2 fully saturated rings. The standard InChI is InChI=1S/C14H20N4O/c1-10-16-7-12(8-17-10)18-13(19)14-5-3-2-4-11(14)6-15-9-14/h7-8,11,15H,2-6,9H2,1H3,(H,18,19)/t11-,14+/m0/s1. The van der Waals surface area contributed by atoms with Crippen LogP contribution in [0.1, 0.15) is 31.5 Å². The molecule has 1 amide bonds. The van der Waals surface area contributed by atoms with Crippen LogP contribution in [0.3, 0.4) is 0 Å². The van der Waals surface area contributed by atoms with Crippen LogP contribution in [0.5, 0.6) is 0 Å². The molecule has 3 rings (SSSR count). The van der Waals surface area contributed by atoms with Crippen molar-refractivity contribution in [2.24, 2.45) is 11.3 Å². The summed E-state index contributed by atoms with van der Waals surface area (Å²) in [5, 5.41) is 6.39. The second-order valence-electron chi connectivity index (χ2n) is 5.70. The zero-order valence-corrected chi connectivity index (χ0v) is 11.3. The Bertz CT molecular complexity index is 473. The summed E-state index contributed by atoms with van der Waals surface area (Å²) in [6.45, 7) is 3.61. The van der Waals surface area contributed by atoms with E-state index in [1.807, 2.05) is 6.92 Å². The highest BCUT2D eigenvalue weighted by molar-refractivity contribution is 5.95. The second-order valence-corrected chi connectivity index (χ2v) is 5.70. The number of carbonyl (C=O) groups is 1. The predicted octanol–water partition coefficient (Wildman–Crippen LogP) is 1.50. The Morgan fingerprint density at radius 1 is 1.42 bits per heavy atom. The van der Waals surface area contributed by atoms with Crippen molar-refractivity contribution in [1.82, 2.24) is 15.3 Å². The average molecular weight is 260 g/mol. The Hall–Kier alpha value is -1.49. The summed E-state index contributed by atoms with van der Waals surface area (Å²) < 4.78 is 0. The molecule has 1 saturated heterocycles. The first kappa shape index (κ1) is 12.5. The third-order valence-electron chi connectivity index (χ3n) is 4.53. The quantitative estimate of drug-likeness (QED) is 0.845. The lowest BCUT2D eigenvalue weighted by Gasteiger charge is -2.37. The van der Waals surface area contributed by atoms with Gasteiger partial charge in [0.1, 0.15) is 5.82 Å². The van der Waals surface area contributed by atoms with Gasteiger partial charge in [-0.1, -0.05) is 12.8 Å². The van der Waals surface area contributed by atoms with E-state index in [-0.39, 0.29) is 11.3 Å². The summed E-state index contributed by atoms with van der Waals surface area (Å²) in [6, 6.07) is 0. The van der Waals surface area contributed by atoms with Gasteiger partial charge in [-0.2, -0.15) is 0 Å². The first-order valence-electron chi connectivity index (χ1n) is 7.01. The van der Waals surface area contributed by atoms with Crippen molar-refractivity contribution in [3.63, 3.8) is 0 Å². The van der Waals surface area contributed by atoms with E-state index in [2.05, 4.69) is 20.6 Å². The SMILES string of the molecule is Cc1ncc(NC(=O)[C@@]23CCCC[C@H]2CNC3)cn1. The summed E-state index contributed by atoms with van der Waals surface area (Å²) in [5.41, 5.74) is 0.476. The minimum atomic E-state index is -0.219. The zero-order chi connectivity index (χ0) is 13.3. The Morgan fingerprint density at radius 3 is 3.00 bits per heavy atom. The van der Waals surface area contributed by atoms with Crippen LogP contribution in [0.25, 0.3) is 0 Å². The van der Waals surface area contributed by atoms with E-state index in [4.69, 9.17) is 0 Å². The summed E-state index contributed by atoms with van der Waals surface area (Å²) in [7, 11) is 0. The lowest BCUT2D eigenvalue weighted by atomic mass is 9.67. The van der Waals surface area contributed by atoms with Crippen molar-refractivity contribution in [3.8, 4) is 0 Å². The van der Waals surface area contributed by atoms with E-state index in [9.17, 15) is 4.79 Å². The van der Waals surface area contributed by atoms with Gasteiger partial charge in [0, 0.05) is 6.54 Å². The topological polar surface area (TPSA) is 66.9 Å². The summed E-state index contributed by atoms with van der Waals surface area (Å²) in [4.78, 5) is 20.9. The number of aromatic nitrogens is 2. The number of hydrogen-bond donors (Lipinski definition) is 2. The third-order valence-corrected chi connectivity index (χ3v) is 4.53. The largest absolute Gasteiger partial charge is 0.323 e. The smallest absolute Gasteiger partial charge is 0.232 e. The van der Waals surface area contributed by atoms with E-state index in [0.29, 0.717) is 17.4 Å². The molecule has 2 heterocycles. The van der Waals surface area contributed by atoms with Crippen molar-refractivity contribution >= 4 is 11.6 Å². The van der Waals surface area contributed by atoms with E-state index in [1.54, 1.807) is 12.4 Å². The molecule has 102 valence electrons. The molecule has 5 heteroatoms. The van der Waals surface area contributed by atoms with Crippen molar-refractivity contribution in [3.05, 3.63) is 18.2 Å². The fraction of sp³-hybridized carbons (Fsp3) is 0.643. The molecule has 0 unspecified atom stereocenters. The van der Waals surface area contributed by atoms with Crippen LogP contribution in [0.15, 0.2) is 12.4 Å². The molecule has 2 atom stereocenters. The molecule has 0 radical (unpaired) electrons. The molecule has 2 N–H and O–H groups in total. The number of rotatable bonds is 2. The summed E-state index contributed by atoms with van der Waals surface area (Å²) in [6.07, 6.45) is 7.90. The van der Waals surface area contributed by atoms with E-state index < -0.39 is 0 Å². The van der Waals surface area contributed by atoms with E-state index in [1.165, 1.54) is 6.42 Å². The van der Waals surface area contributed by atoms with Gasteiger partial charge in [-0.25, -0.2) is 9.97 Å². The number of aryl methyl sites for hydroxylation is 1. The van der Waals surface area contributed by atoms with Gasteiger partial charge < -0.3 is 10.6 Å². The molecule has 0 aromatic carbocycles. The van der Waals surface area contributed by atoms with Gasteiger partial charge in [0.15, 0.2) is 0 Å². The first-order chi connectivity index (χ1) is 9.21. The second kappa shape index (κ2) is 4.89. The molecule has 1 aliphatic heterocycles. The summed E-state index contributed by atoms with van der Waals surface area (Å²) in [5.74, 6) is 1.33. The minimum absolute atomic E-state index is 0.134. The van der Waals surface area contributed by atoms with Gasteiger partial charge in [0.25, 0.3) is 0 Å². The van der Waals surface area contributed by atoms with Gasteiger partial charge in [0.2, 0.25) is 5.91 Å². The van der Waals surface area contributed by atoms with Crippen molar-refractivity contribution in [2.45, 2.75) is 32.6 Å². The van der Waals surface area contributed by atoms with Crippen LogP contribution in [0.4, 0.5) is 5.69 Å². The predicted molar refractivity (Wildman–Crippen MR) is 72.7 cm³/mol. The Kier molecular flexibility index (Phi) is 3.22. The number of nitrogens with one attached hydrogen (secondary N) is 2. The molecule has 2 aliphatic rings. The molecular weight excluding hydrogens is 240 g/mol. The average Bonchev–Trinajstić information content (AvgIpc) is 2.86. The third kappa shape index (κ3) is 2.23. The number of anilines is 1. The lowest BCUT2D eigenvalue weighted by Crippen LogP contribution is -2.44. The van der Waals surface area contributed by atoms with Crippen molar-refractivity contribution in [2.75, 3.05) is 18.4 Å². The minimum Gasteiger partial charge on any atom is -0.323 e. The van der Waals surface area contributed by atoms with Crippen molar-refractivity contribution in [1.29, 1.82) is 0 Å². The Labute approximate surface area is 113 Å². The van der Waals surface area contributed by atoms with Gasteiger partial charge in [-0.15, -0.1) is 0 Å². The molecule has 5 nitrogen and oxygen atoms in total. The Morgan fingerprint density at radius 2 is 2.21 bits per heavy atom. The van der Waals surface area contributed by atoms with Crippen LogP contribution < -0.4 is 10.6 Å². The van der Waals surface area contributed by atoms with Crippen LogP contribution >= 0.6 is 0 Å². The highest BCUT2D eigenvalue weighted by atomic mass is 16.2. The number of amides is 1. The number of fused-ring (bicyclic) bond motifs is 1. The number of hydrogen-bond acceptors (Lipinski definition) is 4. The summed E-state index contributed by atoms with van der Waals surface area (Å²) >= 11 is 0. The van der Waals surface area contributed by atoms with E-state index in [0.717, 1.165) is 32.4 Å². The van der Waals surface area contributed by atoms with Gasteiger partial charge in [0.05, 0.1) is 23.5 Å². The van der Waals surface area contributed by atoms with Crippen LogP contribution in [0.2, 0.25) is 0 Å². The van der Waals surface area contributed by atoms with Gasteiger partial charge in [-0.05, 0) is 32.2 Å². The first-order valence-corrected chi connectivity index (χ1v) is 7.01. The molecule has 1 saturated carbocycles. The number of nitrogens with zero attached hydrogens (tertiary/aromatic N) is 2. The fourth-order valence-electron chi connectivity index (χ4n) is 3.40. The molecule has 1 aromatic rings. The lowest BCUT2D eigenvalue weighted by molar-refractivity contribution is -0.128. The van der Waals surface area contributed by atoms with Crippen LogP contribution in [-0.4, -0.2) is 29.0 Å². The highest BCUT2D eigenvalue weighted by Gasteiger charge is 2.49. The molecular formula is C14H20N4O. The maximum atomic E-state index is 12.6. The highest BCUT2D eigenvalue weighted by Crippen LogP contribution is 2.44. The molecule has 1 aliphatic carbocycles. The molecule has 19 heavy (non-hydrogen) atoms. The molecule has 0 spiro atoms. The zero-order valence-electron chi connectivity index (χ0n) is 11.3. The monoisotopic (exact) mass is 260 g/mol.